The van der Waals surface area contributed by atoms with Gasteiger partial charge in [-0.2, -0.15) is 5.10 Å². The summed E-state index contributed by atoms with van der Waals surface area (Å²) in [6.45, 7) is 2.24. The molecule has 2 aromatic rings. The lowest BCUT2D eigenvalue weighted by atomic mass is 10.2. The Morgan fingerprint density at radius 3 is 2.84 bits per heavy atom. The van der Waals surface area contributed by atoms with Gasteiger partial charge in [0.25, 0.3) is 5.91 Å². The third kappa shape index (κ3) is 4.17. The maximum atomic E-state index is 12.6. The van der Waals surface area contributed by atoms with Crippen molar-refractivity contribution in [3.05, 3.63) is 41.7 Å². The van der Waals surface area contributed by atoms with E-state index in [9.17, 15) is 9.59 Å². The second kappa shape index (κ2) is 7.38. The Balaban J connectivity index is 1.61. The Labute approximate surface area is 146 Å². The number of aromatic amines is 1. The zero-order valence-corrected chi connectivity index (χ0v) is 14.4. The van der Waals surface area contributed by atoms with E-state index < -0.39 is 0 Å². The highest BCUT2D eigenvalue weighted by molar-refractivity contribution is 5.98. The van der Waals surface area contributed by atoms with E-state index in [1.165, 1.54) is 4.90 Å². The van der Waals surface area contributed by atoms with E-state index in [0.29, 0.717) is 29.6 Å². The van der Waals surface area contributed by atoms with Gasteiger partial charge in [-0.05, 0) is 38.0 Å². The molecule has 2 N–H and O–H groups in total. The smallest absolute Gasteiger partial charge is 0.274 e. The van der Waals surface area contributed by atoms with Crippen molar-refractivity contribution < 1.29 is 14.3 Å². The normalized spacial score (nSPS) is 13.4. The molecule has 0 bridgehead atoms. The van der Waals surface area contributed by atoms with Crippen LogP contribution in [0, 0.1) is 0 Å². The third-order valence-corrected chi connectivity index (χ3v) is 4.19. The molecule has 0 saturated heterocycles. The third-order valence-electron chi connectivity index (χ3n) is 4.19. The van der Waals surface area contributed by atoms with Crippen LogP contribution in [-0.4, -0.2) is 47.1 Å². The average Bonchev–Trinajstić information content (AvgIpc) is 3.36. The van der Waals surface area contributed by atoms with Crippen LogP contribution < -0.4 is 10.1 Å². The number of carbonyl (C=O) groups excluding carboxylic acids is 2. The first-order chi connectivity index (χ1) is 12.1. The highest BCUT2D eigenvalue weighted by atomic mass is 16.5. The molecule has 25 heavy (non-hydrogen) atoms. The quantitative estimate of drug-likeness (QED) is 0.809. The predicted octanol–water partition coefficient (Wildman–Crippen LogP) is 2.40. The fraction of sp³-hybridized carbons (Fsp3) is 0.389. The van der Waals surface area contributed by atoms with Gasteiger partial charge in [0.2, 0.25) is 5.91 Å². The van der Waals surface area contributed by atoms with Gasteiger partial charge >= 0.3 is 0 Å². The fourth-order valence-electron chi connectivity index (χ4n) is 2.61. The first kappa shape index (κ1) is 17.0. The van der Waals surface area contributed by atoms with Crippen LogP contribution in [0.3, 0.4) is 0 Å². The molecule has 2 amide bonds. The summed E-state index contributed by atoms with van der Waals surface area (Å²) in [6, 6.07) is 8.88. The van der Waals surface area contributed by atoms with E-state index >= 15 is 0 Å². The monoisotopic (exact) mass is 342 g/mol. The molecule has 1 aromatic heterocycles. The Morgan fingerprint density at radius 1 is 1.36 bits per heavy atom. The summed E-state index contributed by atoms with van der Waals surface area (Å²) in [5.74, 6) is 0.652. The molecule has 7 nitrogen and oxygen atoms in total. The molecule has 1 aromatic carbocycles. The molecule has 0 spiro atoms. The molecule has 1 aliphatic carbocycles. The SMILES string of the molecule is CCN(CC(=O)Nc1cccc(OC)c1)C(=O)c1cc(C2CC2)[nH]n1. The molecular weight excluding hydrogens is 320 g/mol. The summed E-state index contributed by atoms with van der Waals surface area (Å²) >= 11 is 0. The second-order valence-electron chi connectivity index (χ2n) is 6.08. The molecular formula is C18H22N4O3. The van der Waals surface area contributed by atoms with E-state index in [4.69, 9.17) is 4.74 Å². The summed E-state index contributed by atoms with van der Waals surface area (Å²) < 4.78 is 5.13. The summed E-state index contributed by atoms with van der Waals surface area (Å²) in [6.07, 6.45) is 2.27. The van der Waals surface area contributed by atoms with Crippen LogP contribution in [0.5, 0.6) is 5.75 Å². The van der Waals surface area contributed by atoms with Gasteiger partial charge in [0.1, 0.15) is 18.0 Å². The van der Waals surface area contributed by atoms with Gasteiger partial charge in [-0.3, -0.25) is 14.7 Å². The number of benzene rings is 1. The minimum absolute atomic E-state index is 0.0296. The summed E-state index contributed by atoms with van der Waals surface area (Å²) in [5, 5.41) is 9.80. The van der Waals surface area contributed by atoms with E-state index in [2.05, 4.69) is 15.5 Å². The van der Waals surface area contributed by atoms with Crippen LogP contribution in [0.2, 0.25) is 0 Å². The van der Waals surface area contributed by atoms with E-state index in [1.54, 1.807) is 37.4 Å². The standard InChI is InChI=1S/C18H22N4O3/c1-3-22(18(24)16-10-15(20-21-16)12-7-8-12)11-17(23)19-13-5-4-6-14(9-13)25-2/h4-6,9-10,12H,3,7-8,11H2,1-2H3,(H,19,23)(H,20,21). The highest BCUT2D eigenvalue weighted by Crippen LogP contribution is 2.39. The molecule has 132 valence electrons. The van der Waals surface area contributed by atoms with Gasteiger partial charge in [0.05, 0.1) is 7.11 Å². The van der Waals surface area contributed by atoms with E-state index in [1.807, 2.05) is 6.92 Å². The van der Waals surface area contributed by atoms with Crippen molar-refractivity contribution in [3.63, 3.8) is 0 Å². The molecule has 1 saturated carbocycles. The van der Waals surface area contributed by atoms with Crippen LogP contribution in [0.25, 0.3) is 0 Å². The van der Waals surface area contributed by atoms with Gasteiger partial charge in [-0.15, -0.1) is 0 Å². The topological polar surface area (TPSA) is 87.3 Å². The molecule has 1 fully saturated rings. The van der Waals surface area contributed by atoms with Gasteiger partial charge in [-0.1, -0.05) is 6.07 Å². The summed E-state index contributed by atoms with van der Waals surface area (Å²) in [7, 11) is 1.57. The lowest BCUT2D eigenvalue weighted by Gasteiger charge is -2.19. The predicted molar refractivity (Wildman–Crippen MR) is 93.8 cm³/mol. The number of ether oxygens (including phenoxy) is 1. The molecule has 0 radical (unpaired) electrons. The first-order valence-electron chi connectivity index (χ1n) is 8.39. The number of likely N-dealkylation sites (N-methyl/N-ethyl adjacent to an activating group) is 1. The maximum Gasteiger partial charge on any atom is 0.274 e. The maximum absolute atomic E-state index is 12.6. The summed E-state index contributed by atoms with van der Waals surface area (Å²) in [5.41, 5.74) is 1.99. The zero-order chi connectivity index (χ0) is 17.8. The Kier molecular flexibility index (Phi) is 5.02. The van der Waals surface area contributed by atoms with Gasteiger partial charge in [-0.25, -0.2) is 0 Å². The first-order valence-corrected chi connectivity index (χ1v) is 8.39. The molecule has 3 rings (SSSR count). The number of amides is 2. The Hall–Kier alpha value is -2.83. The number of anilines is 1. The second-order valence-corrected chi connectivity index (χ2v) is 6.08. The van der Waals surface area contributed by atoms with Crippen molar-refractivity contribution in [1.29, 1.82) is 0 Å². The van der Waals surface area contributed by atoms with Gasteiger partial charge < -0.3 is 15.0 Å². The van der Waals surface area contributed by atoms with Gasteiger partial charge in [0, 0.05) is 29.9 Å². The lowest BCUT2D eigenvalue weighted by molar-refractivity contribution is -0.116. The molecule has 0 aliphatic heterocycles. The van der Waals surface area contributed by atoms with Crippen molar-refractivity contribution in [3.8, 4) is 5.75 Å². The number of H-pyrrole nitrogens is 1. The van der Waals surface area contributed by atoms with Crippen LogP contribution in [0.4, 0.5) is 5.69 Å². The highest BCUT2D eigenvalue weighted by Gasteiger charge is 2.27. The van der Waals surface area contributed by atoms with Crippen LogP contribution in [0.15, 0.2) is 30.3 Å². The van der Waals surface area contributed by atoms with Crippen molar-refractivity contribution in [2.24, 2.45) is 0 Å². The van der Waals surface area contributed by atoms with Crippen LogP contribution >= 0.6 is 0 Å². The minimum Gasteiger partial charge on any atom is -0.497 e. The van der Waals surface area contributed by atoms with E-state index in [0.717, 1.165) is 18.5 Å². The molecule has 1 aliphatic rings. The largest absolute Gasteiger partial charge is 0.497 e. The lowest BCUT2D eigenvalue weighted by Crippen LogP contribution is -2.38. The number of nitrogens with one attached hydrogen (secondary N) is 2. The van der Waals surface area contributed by atoms with Crippen LogP contribution in [0.1, 0.15) is 41.9 Å². The summed E-state index contributed by atoms with van der Waals surface area (Å²) in [4.78, 5) is 26.3. The van der Waals surface area contributed by atoms with Crippen molar-refractivity contribution in [2.75, 3.05) is 25.5 Å². The fourth-order valence-corrected chi connectivity index (χ4v) is 2.61. The number of methoxy groups -OCH3 is 1. The van der Waals surface area contributed by atoms with Crippen molar-refractivity contribution >= 4 is 17.5 Å². The number of carbonyl (C=O) groups is 2. The minimum atomic E-state index is -0.263. The number of rotatable bonds is 7. The number of nitrogens with zero attached hydrogens (tertiary/aromatic N) is 2. The van der Waals surface area contributed by atoms with E-state index in [-0.39, 0.29) is 18.4 Å². The number of aromatic nitrogens is 2. The zero-order valence-electron chi connectivity index (χ0n) is 14.4. The molecule has 0 atom stereocenters. The van der Waals surface area contributed by atoms with Crippen LogP contribution in [-0.2, 0) is 4.79 Å². The van der Waals surface area contributed by atoms with Crippen molar-refractivity contribution in [2.45, 2.75) is 25.7 Å². The Morgan fingerprint density at radius 2 is 2.16 bits per heavy atom. The Bertz CT molecular complexity index is 767. The number of hydrogen-bond donors (Lipinski definition) is 2. The average molecular weight is 342 g/mol. The van der Waals surface area contributed by atoms with Gasteiger partial charge in [0.15, 0.2) is 0 Å². The van der Waals surface area contributed by atoms with Crippen molar-refractivity contribution in [1.82, 2.24) is 15.1 Å². The molecule has 7 heteroatoms. The molecule has 0 unspecified atom stereocenters. The molecule has 1 heterocycles. The number of hydrogen-bond acceptors (Lipinski definition) is 4.